The number of benzene rings is 3. The van der Waals surface area contributed by atoms with Crippen molar-refractivity contribution in [3.8, 4) is 5.75 Å². The van der Waals surface area contributed by atoms with Crippen molar-refractivity contribution in [3.05, 3.63) is 125 Å². The Labute approximate surface area is 336 Å². The molecule has 0 spiro atoms. The number of anilines is 1. The molecule has 3 N–H and O–H groups in total. The fourth-order valence-corrected chi connectivity index (χ4v) is 6.25. The quantitative estimate of drug-likeness (QED) is 0.127. The topological polar surface area (TPSA) is 140 Å². The number of carbonyl (C=O) groups excluding carboxylic acids is 3. The molecule has 0 radical (unpaired) electrons. The van der Waals surface area contributed by atoms with Gasteiger partial charge in [0.2, 0.25) is 5.91 Å². The van der Waals surface area contributed by atoms with Crippen LogP contribution >= 0.6 is 0 Å². The lowest BCUT2D eigenvalue weighted by Crippen LogP contribution is -2.57. The minimum absolute atomic E-state index is 0.0555. The number of amides is 3. The summed E-state index contributed by atoms with van der Waals surface area (Å²) < 4.78 is 66.9. The molecule has 3 amide bonds. The normalized spacial score (nSPS) is 16.3. The van der Waals surface area contributed by atoms with Gasteiger partial charge in [-0.05, 0) is 82.5 Å². The summed E-state index contributed by atoms with van der Waals surface area (Å²) >= 11 is 0. The molecule has 1 aliphatic rings. The highest BCUT2D eigenvalue weighted by Gasteiger charge is 2.37. The molecular weight excluding hydrogens is 755 g/mol. The number of alkyl carbamates (subject to hydrolysis) is 1. The van der Waals surface area contributed by atoms with E-state index in [4.69, 9.17) is 18.9 Å². The number of pyridine rings is 1. The monoisotopic (exact) mass is 805 g/mol. The van der Waals surface area contributed by atoms with Crippen molar-refractivity contribution in [1.82, 2.24) is 20.5 Å². The second-order valence-corrected chi connectivity index (χ2v) is 15.9. The highest BCUT2D eigenvalue weighted by Crippen LogP contribution is 2.32. The van der Waals surface area contributed by atoms with Crippen LogP contribution in [0.3, 0.4) is 0 Å². The molecule has 310 valence electrons. The second kappa shape index (κ2) is 19.2. The summed E-state index contributed by atoms with van der Waals surface area (Å²) in [6.07, 6.45) is -0.139. The third-order valence-corrected chi connectivity index (χ3v) is 8.82. The zero-order valence-electron chi connectivity index (χ0n) is 33.4. The van der Waals surface area contributed by atoms with Crippen LogP contribution in [-0.2, 0) is 25.5 Å². The highest BCUT2D eigenvalue weighted by atomic mass is 19.1. The lowest BCUT2D eigenvalue weighted by atomic mass is 9.84. The third kappa shape index (κ3) is 12.7. The molecule has 0 bridgehead atoms. The lowest BCUT2D eigenvalue weighted by Gasteiger charge is -2.40. The van der Waals surface area contributed by atoms with Crippen molar-refractivity contribution in [1.29, 1.82) is 0 Å². The molecule has 0 saturated carbocycles. The first kappa shape index (κ1) is 43.5. The number of halogens is 3. The van der Waals surface area contributed by atoms with Crippen LogP contribution in [0.2, 0.25) is 0 Å². The predicted octanol–water partition coefficient (Wildman–Crippen LogP) is 7.34. The molecule has 2 heterocycles. The van der Waals surface area contributed by atoms with E-state index in [9.17, 15) is 23.2 Å². The average molecular weight is 806 g/mol. The number of ether oxygens (including phenoxy) is 4. The van der Waals surface area contributed by atoms with E-state index in [1.165, 1.54) is 54.7 Å². The molecule has 1 aromatic heterocycles. The van der Waals surface area contributed by atoms with E-state index in [2.05, 4.69) is 20.9 Å². The first-order valence-corrected chi connectivity index (χ1v) is 18.9. The second-order valence-electron chi connectivity index (χ2n) is 15.9. The summed E-state index contributed by atoms with van der Waals surface area (Å²) in [4.78, 5) is 46.4. The molecular formula is C43H50F3N5O7. The lowest BCUT2D eigenvalue weighted by molar-refractivity contribution is -0.118. The van der Waals surface area contributed by atoms with Gasteiger partial charge in [-0.3, -0.25) is 14.7 Å². The van der Waals surface area contributed by atoms with Gasteiger partial charge < -0.3 is 34.9 Å². The Balaban J connectivity index is 1.37. The Morgan fingerprint density at radius 1 is 0.845 bits per heavy atom. The fourth-order valence-electron chi connectivity index (χ4n) is 6.25. The molecule has 3 atom stereocenters. The number of nitrogens with one attached hydrogen (secondary N) is 3. The summed E-state index contributed by atoms with van der Waals surface area (Å²) in [5.41, 5.74) is -0.0186. The van der Waals surface area contributed by atoms with Crippen molar-refractivity contribution in [3.63, 3.8) is 0 Å². The Kier molecular flexibility index (Phi) is 14.4. The Morgan fingerprint density at radius 2 is 1.45 bits per heavy atom. The van der Waals surface area contributed by atoms with Gasteiger partial charge in [0, 0.05) is 19.0 Å². The Hall–Kier alpha value is -5.67. The van der Waals surface area contributed by atoms with E-state index in [-0.39, 0.29) is 37.2 Å². The van der Waals surface area contributed by atoms with Gasteiger partial charge in [-0.15, -0.1) is 0 Å². The molecule has 12 nitrogen and oxygen atoms in total. The molecule has 0 unspecified atom stereocenters. The molecule has 15 heteroatoms. The summed E-state index contributed by atoms with van der Waals surface area (Å²) in [7, 11) is 0. The standard InChI is InChI=1S/C43H50F3N5O7/c1-42(2,3)57-40(53)50-37(36(28-12-16-30(44)17-13-28)29-14-18-31(45)19-15-29)39(52)49-35-23-48-22-34(46)38(35)56-26-33-24-51(41(54)58-43(4,5)6)32(25-55-33)21-47-20-27-10-8-7-9-11-27/h7-19,22-23,32-33,36-37,47H,20-21,24-26H2,1-6H3,(H,49,52)(H,50,53)/t32-,33+,37+/m1/s1. The third-order valence-electron chi connectivity index (χ3n) is 8.82. The van der Waals surface area contributed by atoms with Crippen molar-refractivity contribution >= 4 is 23.8 Å². The van der Waals surface area contributed by atoms with Gasteiger partial charge in [-0.2, -0.15) is 0 Å². The van der Waals surface area contributed by atoms with E-state index in [0.29, 0.717) is 24.2 Å². The van der Waals surface area contributed by atoms with E-state index in [0.717, 1.165) is 11.8 Å². The van der Waals surface area contributed by atoms with Crippen LogP contribution in [0, 0.1) is 17.5 Å². The maximum absolute atomic E-state index is 15.5. The van der Waals surface area contributed by atoms with Crippen LogP contribution in [0.1, 0.15) is 64.2 Å². The molecule has 5 rings (SSSR count). The number of rotatable bonds is 13. The van der Waals surface area contributed by atoms with E-state index in [1.54, 1.807) is 46.4 Å². The molecule has 3 aromatic carbocycles. The fraction of sp³-hybridized carbons (Fsp3) is 0.395. The van der Waals surface area contributed by atoms with Crippen LogP contribution < -0.4 is 20.7 Å². The number of hydrogen-bond acceptors (Lipinski definition) is 9. The largest absolute Gasteiger partial charge is 0.485 e. The van der Waals surface area contributed by atoms with Gasteiger partial charge in [-0.1, -0.05) is 54.6 Å². The molecule has 1 aliphatic heterocycles. The van der Waals surface area contributed by atoms with Crippen LogP contribution in [-0.4, -0.2) is 83.7 Å². The van der Waals surface area contributed by atoms with E-state index in [1.807, 2.05) is 30.3 Å². The number of morpholine rings is 1. The maximum Gasteiger partial charge on any atom is 0.410 e. The highest BCUT2D eigenvalue weighted by molar-refractivity contribution is 5.98. The van der Waals surface area contributed by atoms with Crippen LogP contribution in [0.4, 0.5) is 28.4 Å². The number of nitrogens with zero attached hydrogens (tertiary/aromatic N) is 2. The summed E-state index contributed by atoms with van der Waals surface area (Å²) in [5, 5.41) is 8.60. The number of carbonyl (C=O) groups is 3. The zero-order chi connectivity index (χ0) is 42.0. The van der Waals surface area contributed by atoms with Crippen molar-refractivity contribution in [2.45, 2.75) is 83.4 Å². The summed E-state index contributed by atoms with van der Waals surface area (Å²) in [5.74, 6) is -4.23. The van der Waals surface area contributed by atoms with Crippen LogP contribution in [0.25, 0.3) is 0 Å². The smallest absolute Gasteiger partial charge is 0.410 e. The number of hydrogen-bond donors (Lipinski definition) is 3. The first-order chi connectivity index (χ1) is 27.5. The molecule has 0 aliphatic carbocycles. The predicted molar refractivity (Wildman–Crippen MR) is 211 cm³/mol. The minimum atomic E-state index is -1.47. The Morgan fingerprint density at radius 3 is 2.03 bits per heavy atom. The van der Waals surface area contributed by atoms with Gasteiger partial charge in [-0.25, -0.2) is 22.8 Å². The van der Waals surface area contributed by atoms with Crippen molar-refractivity contribution in [2.75, 3.05) is 31.6 Å². The molecule has 1 fully saturated rings. The van der Waals surface area contributed by atoms with Gasteiger partial charge in [0.25, 0.3) is 0 Å². The van der Waals surface area contributed by atoms with Gasteiger partial charge in [0.1, 0.15) is 47.3 Å². The van der Waals surface area contributed by atoms with E-state index >= 15 is 4.39 Å². The summed E-state index contributed by atoms with van der Waals surface area (Å²) in [6, 6.07) is 18.5. The average Bonchev–Trinajstić information content (AvgIpc) is 3.15. The van der Waals surface area contributed by atoms with Crippen LogP contribution in [0.5, 0.6) is 5.75 Å². The molecule has 1 saturated heterocycles. The maximum atomic E-state index is 15.5. The SMILES string of the molecule is CC(C)(C)OC(=O)N[C@H](C(=O)Nc1cncc(F)c1OC[C@@H]1CN(C(=O)OC(C)(C)C)[C@H](CNCc2ccccc2)CO1)C(c1ccc(F)cc1)c1ccc(F)cc1. The van der Waals surface area contributed by atoms with Crippen molar-refractivity contribution < 1.29 is 46.5 Å². The number of aromatic nitrogens is 1. The zero-order valence-corrected chi connectivity index (χ0v) is 33.4. The summed E-state index contributed by atoms with van der Waals surface area (Å²) in [6.45, 7) is 11.2. The van der Waals surface area contributed by atoms with Crippen LogP contribution in [0.15, 0.2) is 91.3 Å². The van der Waals surface area contributed by atoms with Gasteiger partial charge in [0.05, 0.1) is 31.6 Å². The van der Waals surface area contributed by atoms with Gasteiger partial charge >= 0.3 is 12.2 Å². The van der Waals surface area contributed by atoms with Crippen molar-refractivity contribution in [2.24, 2.45) is 0 Å². The van der Waals surface area contributed by atoms with Gasteiger partial charge in [0.15, 0.2) is 11.6 Å². The minimum Gasteiger partial charge on any atom is -0.485 e. The van der Waals surface area contributed by atoms with E-state index < -0.39 is 64.8 Å². The molecule has 4 aromatic rings. The first-order valence-electron chi connectivity index (χ1n) is 18.9. The Bertz CT molecular complexity index is 1950. The molecule has 58 heavy (non-hydrogen) atoms.